The first kappa shape index (κ1) is 21.0. The number of furan rings is 1. The number of amides is 1. The Bertz CT molecular complexity index is 1340. The summed E-state index contributed by atoms with van der Waals surface area (Å²) < 4.78 is 5.70. The molecule has 8 nitrogen and oxygen atoms in total. The molecular weight excluding hydrogens is 408 g/mol. The van der Waals surface area contributed by atoms with Crippen molar-refractivity contribution in [3.63, 3.8) is 0 Å². The Balaban J connectivity index is 1.60. The van der Waals surface area contributed by atoms with Crippen LogP contribution in [0.3, 0.4) is 0 Å². The van der Waals surface area contributed by atoms with Crippen LogP contribution in [0.4, 0.5) is 11.4 Å². The van der Waals surface area contributed by atoms with Gasteiger partial charge in [-0.15, -0.1) is 0 Å². The van der Waals surface area contributed by atoms with Crippen LogP contribution >= 0.6 is 0 Å². The molecule has 0 fully saturated rings. The summed E-state index contributed by atoms with van der Waals surface area (Å²) in [7, 11) is 0. The van der Waals surface area contributed by atoms with Gasteiger partial charge in [-0.2, -0.15) is 5.10 Å². The van der Waals surface area contributed by atoms with E-state index in [0.717, 1.165) is 34.9 Å². The number of anilines is 1. The van der Waals surface area contributed by atoms with Crippen molar-refractivity contribution in [2.24, 2.45) is 5.10 Å². The normalized spacial score (nSPS) is 11.3. The molecule has 0 unspecified atom stereocenters. The molecule has 0 saturated carbocycles. The van der Waals surface area contributed by atoms with Crippen molar-refractivity contribution in [1.29, 1.82) is 0 Å². The molecular formula is C24H22N4O4. The molecule has 1 aromatic heterocycles. The Morgan fingerprint density at radius 3 is 2.62 bits per heavy atom. The highest BCUT2D eigenvalue weighted by Crippen LogP contribution is 2.28. The summed E-state index contributed by atoms with van der Waals surface area (Å²) in [6.07, 6.45) is 1.41. The van der Waals surface area contributed by atoms with Crippen LogP contribution in [0.5, 0.6) is 0 Å². The molecule has 1 N–H and O–H groups in total. The molecule has 0 saturated heterocycles. The van der Waals surface area contributed by atoms with E-state index in [-0.39, 0.29) is 11.4 Å². The number of hydrogen-bond donors (Lipinski definition) is 1. The Kier molecular flexibility index (Phi) is 5.85. The Hall–Kier alpha value is -4.20. The number of nitrogens with zero attached hydrogens (tertiary/aromatic N) is 3. The van der Waals surface area contributed by atoms with Gasteiger partial charge >= 0.3 is 5.91 Å². The van der Waals surface area contributed by atoms with E-state index in [0.29, 0.717) is 11.1 Å². The van der Waals surface area contributed by atoms with E-state index in [4.69, 9.17) is 4.42 Å². The lowest BCUT2D eigenvalue weighted by Crippen LogP contribution is -2.23. The molecule has 4 rings (SSSR count). The molecule has 4 aromatic rings. The summed E-state index contributed by atoms with van der Waals surface area (Å²) in [5.41, 5.74) is 4.36. The highest BCUT2D eigenvalue weighted by atomic mass is 16.6. The molecule has 0 bridgehead atoms. The van der Waals surface area contributed by atoms with Crippen LogP contribution in [-0.2, 0) is 0 Å². The minimum Gasteiger partial charge on any atom is -0.451 e. The Morgan fingerprint density at radius 2 is 1.88 bits per heavy atom. The van der Waals surface area contributed by atoms with Crippen molar-refractivity contribution in [2.75, 3.05) is 18.0 Å². The van der Waals surface area contributed by atoms with Gasteiger partial charge in [0.15, 0.2) is 5.76 Å². The molecule has 1 heterocycles. The summed E-state index contributed by atoms with van der Waals surface area (Å²) in [6.45, 7) is 5.46. The summed E-state index contributed by atoms with van der Waals surface area (Å²) in [6, 6.07) is 17.9. The largest absolute Gasteiger partial charge is 0.451 e. The third kappa shape index (κ3) is 4.02. The predicted molar refractivity (Wildman–Crippen MR) is 125 cm³/mol. The average Bonchev–Trinajstić information content (AvgIpc) is 3.25. The van der Waals surface area contributed by atoms with Gasteiger partial charge in [0.05, 0.1) is 11.1 Å². The van der Waals surface area contributed by atoms with Crippen LogP contribution in [-0.4, -0.2) is 30.1 Å². The number of nitro groups is 1. The first-order valence-electron chi connectivity index (χ1n) is 10.3. The van der Waals surface area contributed by atoms with Gasteiger partial charge in [0.2, 0.25) is 0 Å². The molecule has 0 aliphatic rings. The molecule has 0 aliphatic heterocycles. The number of benzene rings is 3. The summed E-state index contributed by atoms with van der Waals surface area (Å²) in [5.74, 6) is -0.368. The van der Waals surface area contributed by atoms with E-state index in [1.54, 1.807) is 12.1 Å². The zero-order valence-electron chi connectivity index (χ0n) is 17.7. The van der Waals surface area contributed by atoms with Crippen molar-refractivity contribution < 1.29 is 14.1 Å². The highest BCUT2D eigenvalue weighted by molar-refractivity contribution is 6.08. The van der Waals surface area contributed by atoms with Gasteiger partial charge in [-0.1, -0.05) is 30.3 Å². The van der Waals surface area contributed by atoms with Gasteiger partial charge in [0.1, 0.15) is 5.58 Å². The molecule has 0 aliphatic carbocycles. The second-order valence-corrected chi connectivity index (χ2v) is 7.18. The molecule has 0 radical (unpaired) electrons. The molecule has 162 valence electrons. The SMILES string of the molecule is CCN(CC)c1ccc([N+](=O)[O-])cc1/C=N/NC(=O)c1cc2c(ccc3ccccc32)o1. The Labute approximate surface area is 184 Å². The van der Waals surface area contributed by atoms with Gasteiger partial charge in [-0.3, -0.25) is 14.9 Å². The third-order valence-electron chi connectivity index (χ3n) is 5.35. The molecule has 0 spiro atoms. The van der Waals surface area contributed by atoms with Gasteiger partial charge in [-0.05, 0) is 42.8 Å². The fraction of sp³-hybridized carbons (Fsp3) is 0.167. The molecule has 0 atom stereocenters. The fourth-order valence-electron chi connectivity index (χ4n) is 3.73. The molecule has 32 heavy (non-hydrogen) atoms. The first-order chi connectivity index (χ1) is 15.5. The smallest absolute Gasteiger partial charge is 0.307 e. The lowest BCUT2D eigenvalue weighted by Gasteiger charge is -2.22. The van der Waals surface area contributed by atoms with Crippen molar-refractivity contribution in [2.45, 2.75) is 13.8 Å². The maximum Gasteiger partial charge on any atom is 0.307 e. The summed E-state index contributed by atoms with van der Waals surface area (Å²) >= 11 is 0. The number of nitrogens with one attached hydrogen (secondary N) is 1. The van der Waals surface area contributed by atoms with E-state index in [2.05, 4.69) is 15.4 Å². The van der Waals surface area contributed by atoms with Crippen LogP contribution in [0.1, 0.15) is 30.0 Å². The first-order valence-corrected chi connectivity index (χ1v) is 10.3. The topological polar surface area (TPSA) is 101 Å². The number of non-ortho nitro benzene ring substituents is 1. The standard InChI is InChI=1S/C24H22N4O4/c1-3-27(4-2)21-11-10-18(28(30)31)13-17(21)15-25-26-24(29)23-14-20-19-8-6-5-7-16(19)9-12-22(20)32-23/h5-15H,3-4H2,1-2H3,(H,26,29)/b25-15+. The van der Waals surface area contributed by atoms with Crippen molar-refractivity contribution in [3.8, 4) is 0 Å². The second-order valence-electron chi connectivity index (χ2n) is 7.18. The number of fused-ring (bicyclic) bond motifs is 3. The van der Waals surface area contributed by atoms with Crippen LogP contribution in [0.15, 0.2) is 70.2 Å². The third-order valence-corrected chi connectivity index (χ3v) is 5.35. The van der Waals surface area contributed by atoms with Gasteiger partial charge < -0.3 is 9.32 Å². The lowest BCUT2D eigenvalue weighted by atomic mass is 10.1. The maximum atomic E-state index is 12.6. The zero-order chi connectivity index (χ0) is 22.7. The number of carbonyl (C=O) groups excluding carboxylic acids is 1. The van der Waals surface area contributed by atoms with Gasteiger partial charge in [0, 0.05) is 41.9 Å². The second kappa shape index (κ2) is 8.89. The van der Waals surface area contributed by atoms with Gasteiger partial charge in [-0.25, -0.2) is 5.43 Å². The number of nitro benzene ring substituents is 1. The van der Waals surface area contributed by atoms with E-state index >= 15 is 0 Å². The summed E-state index contributed by atoms with van der Waals surface area (Å²) in [5, 5.41) is 18.1. The lowest BCUT2D eigenvalue weighted by molar-refractivity contribution is -0.384. The van der Waals surface area contributed by atoms with Crippen LogP contribution in [0.2, 0.25) is 0 Å². The number of carbonyl (C=O) groups is 1. The highest BCUT2D eigenvalue weighted by Gasteiger charge is 2.15. The molecule has 1 amide bonds. The molecule has 3 aromatic carbocycles. The summed E-state index contributed by atoms with van der Waals surface area (Å²) in [4.78, 5) is 25.4. The van der Waals surface area contributed by atoms with Gasteiger partial charge in [0.25, 0.3) is 5.69 Å². The van der Waals surface area contributed by atoms with Crippen LogP contribution in [0, 0.1) is 10.1 Å². The van der Waals surface area contributed by atoms with Crippen LogP contribution < -0.4 is 10.3 Å². The number of hydrazone groups is 1. The monoisotopic (exact) mass is 430 g/mol. The molecule has 8 heteroatoms. The fourth-order valence-corrected chi connectivity index (χ4v) is 3.73. The van der Waals surface area contributed by atoms with Crippen molar-refractivity contribution >= 4 is 45.2 Å². The quantitative estimate of drug-likeness (QED) is 0.250. The van der Waals surface area contributed by atoms with Crippen molar-refractivity contribution in [1.82, 2.24) is 5.43 Å². The van der Waals surface area contributed by atoms with E-state index in [1.165, 1.54) is 18.3 Å². The number of rotatable bonds is 7. The van der Waals surface area contributed by atoms with E-state index < -0.39 is 10.8 Å². The van der Waals surface area contributed by atoms with Crippen LogP contribution in [0.25, 0.3) is 21.7 Å². The minimum atomic E-state index is -0.503. The Morgan fingerprint density at radius 1 is 1.09 bits per heavy atom. The maximum absolute atomic E-state index is 12.6. The van der Waals surface area contributed by atoms with E-state index in [9.17, 15) is 14.9 Å². The zero-order valence-corrected chi connectivity index (χ0v) is 17.7. The minimum absolute atomic E-state index is 0.0437. The van der Waals surface area contributed by atoms with Crippen molar-refractivity contribution in [3.05, 3.63) is 82.1 Å². The number of hydrogen-bond acceptors (Lipinski definition) is 6. The average molecular weight is 430 g/mol. The predicted octanol–water partition coefficient (Wildman–Crippen LogP) is 5.10. The van der Waals surface area contributed by atoms with E-state index in [1.807, 2.05) is 50.2 Å².